The minimum atomic E-state index is -1.73. The molecule has 36 heavy (non-hydrogen) atoms. The first-order valence-corrected chi connectivity index (χ1v) is 12.9. The van der Waals surface area contributed by atoms with Gasteiger partial charge in [-0.1, -0.05) is 19.9 Å². The monoisotopic (exact) mass is 510 g/mol. The number of carbonyl (C=O) groups excluding carboxylic acids is 2. The Bertz CT molecular complexity index is 951. The van der Waals surface area contributed by atoms with Crippen molar-refractivity contribution in [3.8, 4) is 0 Å². The number of allylic oxidation sites excluding steroid dienone is 1. The Labute approximate surface area is 209 Å². The second-order valence-corrected chi connectivity index (χ2v) is 12.3. The largest absolute Gasteiger partial charge is 0.432 e. The molecule has 13 unspecified atom stereocenters. The summed E-state index contributed by atoms with van der Waals surface area (Å²) in [6, 6.07) is 0. The summed E-state index contributed by atoms with van der Waals surface area (Å²) in [5, 5.41) is 62.8. The van der Waals surface area contributed by atoms with E-state index in [9.17, 15) is 40.2 Å². The summed E-state index contributed by atoms with van der Waals surface area (Å²) in [6.45, 7) is 6.98. The molecule has 0 amide bonds. The molecule has 13 atom stereocenters. The van der Waals surface area contributed by atoms with Gasteiger partial charge < -0.3 is 40.1 Å². The topological polar surface area (TPSA) is 174 Å². The summed E-state index contributed by atoms with van der Waals surface area (Å²) in [5.74, 6) is -2.00. The number of ketones is 1. The summed E-state index contributed by atoms with van der Waals surface area (Å²) in [4.78, 5) is 27.1. The summed E-state index contributed by atoms with van der Waals surface area (Å²) in [5.41, 5.74) is -2.36. The van der Waals surface area contributed by atoms with Crippen LogP contribution in [0.25, 0.3) is 0 Å². The number of esters is 1. The molecule has 2 bridgehead atoms. The Hall–Kier alpha value is -1.40. The molecule has 4 saturated carbocycles. The van der Waals surface area contributed by atoms with Crippen LogP contribution in [0.4, 0.5) is 0 Å². The van der Waals surface area contributed by atoms with E-state index in [1.807, 2.05) is 6.92 Å². The number of fused-ring (bicyclic) bond motifs is 3. The van der Waals surface area contributed by atoms with Crippen molar-refractivity contribution in [2.24, 2.45) is 34.0 Å². The number of hydrogen-bond acceptors (Lipinski definition) is 10. The lowest BCUT2D eigenvalue weighted by Gasteiger charge is -2.65. The molecule has 1 heterocycles. The number of carbonyl (C=O) groups is 2. The summed E-state index contributed by atoms with van der Waals surface area (Å²) < 4.78 is 10.9. The lowest BCUT2D eigenvalue weighted by Crippen LogP contribution is -2.67. The highest BCUT2D eigenvalue weighted by atomic mass is 16.7. The summed E-state index contributed by atoms with van der Waals surface area (Å²) in [6.07, 6.45) is -6.93. The van der Waals surface area contributed by atoms with Crippen molar-refractivity contribution in [3.63, 3.8) is 0 Å². The van der Waals surface area contributed by atoms with Gasteiger partial charge in [0.05, 0.1) is 24.2 Å². The molecular formula is C26H38O10. The van der Waals surface area contributed by atoms with Crippen molar-refractivity contribution in [2.75, 3.05) is 6.61 Å². The van der Waals surface area contributed by atoms with Gasteiger partial charge in [0.15, 0.2) is 5.78 Å². The fraction of sp³-hybridized carbons (Fsp3) is 0.846. The van der Waals surface area contributed by atoms with Gasteiger partial charge in [0, 0.05) is 17.3 Å². The molecule has 10 nitrogen and oxygen atoms in total. The molecule has 0 aromatic carbocycles. The maximum absolute atomic E-state index is 13.7. The third-order valence-electron chi connectivity index (χ3n) is 10.4. The van der Waals surface area contributed by atoms with E-state index >= 15 is 0 Å². The predicted molar refractivity (Wildman–Crippen MR) is 123 cm³/mol. The summed E-state index contributed by atoms with van der Waals surface area (Å²) in [7, 11) is 0. The van der Waals surface area contributed by atoms with Gasteiger partial charge in [-0.05, 0) is 55.9 Å². The van der Waals surface area contributed by atoms with Crippen LogP contribution in [-0.2, 0) is 19.1 Å². The van der Waals surface area contributed by atoms with E-state index in [2.05, 4.69) is 6.58 Å². The Balaban J connectivity index is 1.47. The van der Waals surface area contributed by atoms with E-state index in [1.54, 1.807) is 6.92 Å². The normalized spacial score (nSPS) is 54.6. The average Bonchev–Trinajstić information content (AvgIpc) is 2.99. The first-order chi connectivity index (χ1) is 16.8. The van der Waals surface area contributed by atoms with E-state index in [0.29, 0.717) is 37.7 Å². The molecule has 5 rings (SSSR count). The minimum absolute atomic E-state index is 0.0797. The SMILES string of the molecule is C=C1C(=O)C23CC1CC(O)C2C1(C)CCCC(C)(C(=O)OC2OC(CO)C(O)C(O)C2O)C1C(O)C3. The van der Waals surface area contributed by atoms with Crippen LogP contribution in [0.1, 0.15) is 52.4 Å². The molecule has 5 fully saturated rings. The number of hydrogen-bond donors (Lipinski definition) is 6. The lowest BCUT2D eigenvalue weighted by molar-refractivity contribution is -0.300. The van der Waals surface area contributed by atoms with Gasteiger partial charge in [-0.15, -0.1) is 0 Å². The molecule has 0 radical (unpaired) electrons. The van der Waals surface area contributed by atoms with E-state index < -0.39 is 83.6 Å². The maximum atomic E-state index is 13.7. The first kappa shape index (κ1) is 26.2. The molecule has 202 valence electrons. The smallest absolute Gasteiger partial charge is 0.314 e. The zero-order chi connectivity index (χ0) is 26.4. The number of aliphatic hydroxyl groups excluding tert-OH is 6. The van der Waals surface area contributed by atoms with Crippen molar-refractivity contribution >= 4 is 11.8 Å². The Kier molecular flexibility index (Phi) is 6.23. The predicted octanol–water partition coefficient (Wildman–Crippen LogP) is -0.581. The third kappa shape index (κ3) is 3.35. The van der Waals surface area contributed by atoms with Crippen molar-refractivity contribution < 1.29 is 49.7 Å². The molecule has 5 aliphatic rings. The number of rotatable bonds is 3. The molecule has 0 aromatic rings. The highest BCUT2D eigenvalue weighted by molar-refractivity contribution is 6.03. The second-order valence-electron chi connectivity index (χ2n) is 12.3. The van der Waals surface area contributed by atoms with E-state index in [-0.39, 0.29) is 18.1 Å². The van der Waals surface area contributed by atoms with Gasteiger partial charge in [0.25, 0.3) is 0 Å². The second kappa shape index (κ2) is 8.56. The van der Waals surface area contributed by atoms with Gasteiger partial charge in [-0.3, -0.25) is 9.59 Å². The van der Waals surface area contributed by atoms with Crippen LogP contribution in [-0.4, -0.2) is 91.9 Å². The number of Topliss-reactive ketones (excluding diaryl/α,β-unsaturated/α-hetero) is 1. The first-order valence-electron chi connectivity index (χ1n) is 12.9. The Morgan fingerprint density at radius 1 is 1.03 bits per heavy atom. The standard InChI is InChI=1S/C26H38O10/c1-11-12-7-13(28)20-24(2)5-4-6-25(3,19(24)14(29)9-26(20,8-12)21(11)33)23(34)36-22-18(32)17(31)16(30)15(10-27)35-22/h12-20,22,27-32H,1,4-10H2,2-3H3. The van der Waals surface area contributed by atoms with Crippen molar-refractivity contribution in [2.45, 2.75) is 95.3 Å². The van der Waals surface area contributed by atoms with E-state index in [1.165, 1.54) is 0 Å². The highest BCUT2D eigenvalue weighted by Gasteiger charge is 2.72. The van der Waals surface area contributed by atoms with Crippen LogP contribution in [0, 0.1) is 34.0 Å². The third-order valence-corrected chi connectivity index (χ3v) is 10.4. The van der Waals surface area contributed by atoms with E-state index in [0.717, 1.165) is 0 Å². The quantitative estimate of drug-likeness (QED) is 0.213. The molecular weight excluding hydrogens is 472 g/mol. The van der Waals surface area contributed by atoms with Crippen LogP contribution in [0.15, 0.2) is 12.2 Å². The summed E-state index contributed by atoms with van der Waals surface area (Å²) >= 11 is 0. The van der Waals surface area contributed by atoms with Gasteiger partial charge in [-0.25, -0.2) is 0 Å². The van der Waals surface area contributed by atoms with Crippen LogP contribution >= 0.6 is 0 Å². The zero-order valence-corrected chi connectivity index (χ0v) is 20.7. The van der Waals surface area contributed by atoms with Crippen LogP contribution < -0.4 is 0 Å². The molecule has 1 aliphatic heterocycles. The molecule has 6 N–H and O–H groups in total. The molecule has 1 spiro atoms. The molecule has 10 heteroatoms. The van der Waals surface area contributed by atoms with Gasteiger partial charge in [-0.2, -0.15) is 0 Å². The van der Waals surface area contributed by atoms with Gasteiger partial charge in [0.1, 0.15) is 24.4 Å². The number of ether oxygens (including phenoxy) is 2. The zero-order valence-electron chi connectivity index (χ0n) is 20.7. The maximum Gasteiger partial charge on any atom is 0.314 e. The molecule has 4 aliphatic carbocycles. The van der Waals surface area contributed by atoms with Crippen LogP contribution in [0.2, 0.25) is 0 Å². The lowest BCUT2D eigenvalue weighted by atomic mass is 9.39. The highest BCUT2D eigenvalue weighted by Crippen LogP contribution is 2.71. The van der Waals surface area contributed by atoms with Crippen molar-refractivity contribution in [3.05, 3.63) is 12.2 Å². The Morgan fingerprint density at radius 2 is 1.72 bits per heavy atom. The fourth-order valence-electron chi connectivity index (χ4n) is 9.04. The van der Waals surface area contributed by atoms with Gasteiger partial charge >= 0.3 is 5.97 Å². The molecule has 0 aromatic heterocycles. The average molecular weight is 511 g/mol. The van der Waals surface area contributed by atoms with E-state index in [4.69, 9.17) is 9.47 Å². The van der Waals surface area contributed by atoms with Crippen molar-refractivity contribution in [1.82, 2.24) is 0 Å². The van der Waals surface area contributed by atoms with Crippen LogP contribution in [0.3, 0.4) is 0 Å². The van der Waals surface area contributed by atoms with Crippen molar-refractivity contribution in [1.29, 1.82) is 0 Å². The Morgan fingerprint density at radius 3 is 2.39 bits per heavy atom. The molecule has 1 saturated heterocycles. The van der Waals surface area contributed by atoms with Crippen LogP contribution in [0.5, 0.6) is 0 Å². The van der Waals surface area contributed by atoms with Gasteiger partial charge in [0.2, 0.25) is 6.29 Å². The fourth-order valence-corrected chi connectivity index (χ4v) is 9.04. The number of aliphatic hydroxyl groups is 6. The minimum Gasteiger partial charge on any atom is -0.432 e.